The predicted octanol–water partition coefficient (Wildman–Crippen LogP) is 3.49. The molecule has 2 N–H and O–H groups in total. The first-order chi connectivity index (χ1) is 11.2. The molecule has 0 aliphatic rings. The monoisotopic (exact) mass is 456 g/mol. The van der Waals surface area contributed by atoms with E-state index in [1.807, 2.05) is 0 Å². The molecule has 1 unspecified atom stereocenters. The number of guanidine groups is 1. The Morgan fingerprint density at radius 2 is 1.79 bits per heavy atom. The lowest BCUT2D eigenvalue weighted by Crippen LogP contribution is -2.42. The summed E-state index contributed by atoms with van der Waals surface area (Å²) in [5.74, 6) is 0.905. The van der Waals surface area contributed by atoms with Crippen molar-refractivity contribution in [3.63, 3.8) is 0 Å². The van der Waals surface area contributed by atoms with Crippen LogP contribution in [0.1, 0.15) is 60.3 Å². The van der Waals surface area contributed by atoms with Crippen LogP contribution in [0, 0.1) is 0 Å². The highest BCUT2D eigenvalue weighted by Crippen LogP contribution is 1.99. The van der Waals surface area contributed by atoms with Gasteiger partial charge < -0.3 is 20.3 Å². The quantitative estimate of drug-likeness (QED) is 0.182. The van der Waals surface area contributed by atoms with Crippen LogP contribution >= 0.6 is 24.0 Å². The molecule has 0 aliphatic heterocycles. The number of rotatable bonds is 14. The van der Waals surface area contributed by atoms with E-state index in [2.05, 4.69) is 55.1 Å². The lowest BCUT2D eigenvalue weighted by molar-refractivity contribution is 0.138. The van der Waals surface area contributed by atoms with Crippen LogP contribution in [0.3, 0.4) is 0 Å². The molecule has 146 valence electrons. The minimum atomic E-state index is 0. The number of aliphatic imine (C=N–C) groups is 1. The number of hydrogen-bond acceptors (Lipinski definition) is 3. The van der Waals surface area contributed by atoms with Crippen molar-refractivity contribution < 1.29 is 4.74 Å². The molecular formula is C18H41IN4O. The maximum atomic E-state index is 5.56. The largest absolute Gasteiger partial charge is 0.380 e. The molecule has 0 radical (unpaired) electrons. The molecule has 0 fully saturated rings. The number of nitrogens with zero attached hydrogens (tertiary/aromatic N) is 2. The fraction of sp³-hybridized carbons (Fsp3) is 0.944. The summed E-state index contributed by atoms with van der Waals surface area (Å²) < 4.78 is 5.56. The van der Waals surface area contributed by atoms with Crippen LogP contribution in [-0.4, -0.2) is 62.8 Å². The van der Waals surface area contributed by atoms with Gasteiger partial charge in [0.05, 0.1) is 13.2 Å². The number of halogens is 1. The molecule has 5 nitrogen and oxygen atoms in total. The first kappa shape index (κ1) is 26.2. The van der Waals surface area contributed by atoms with Crippen LogP contribution < -0.4 is 10.6 Å². The third-order valence-electron chi connectivity index (χ3n) is 3.88. The van der Waals surface area contributed by atoms with Gasteiger partial charge in [0.1, 0.15) is 0 Å². The zero-order valence-corrected chi connectivity index (χ0v) is 18.9. The van der Waals surface area contributed by atoms with E-state index in [1.54, 1.807) is 0 Å². The van der Waals surface area contributed by atoms with Crippen LogP contribution in [0.2, 0.25) is 0 Å². The van der Waals surface area contributed by atoms with Gasteiger partial charge in [-0.25, -0.2) is 0 Å². The third-order valence-corrected chi connectivity index (χ3v) is 3.88. The standard InChI is InChI=1S/C18H40N4O.HI/c1-6-10-15-23-16-13-20-18(19-7-2)21-17(5)12-11-14-22(8-3)9-4;/h17H,6-16H2,1-5H3,(H2,19,20,21);1H. The number of ether oxygens (including phenoxy) is 1. The smallest absolute Gasteiger partial charge is 0.191 e. The van der Waals surface area contributed by atoms with Crippen molar-refractivity contribution in [2.45, 2.75) is 66.3 Å². The molecule has 0 spiro atoms. The average molecular weight is 456 g/mol. The highest BCUT2D eigenvalue weighted by atomic mass is 127. The number of hydrogen-bond donors (Lipinski definition) is 2. The molecule has 0 aliphatic carbocycles. The van der Waals surface area contributed by atoms with Crippen molar-refractivity contribution in [3.05, 3.63) is 0 Å². The Morgan fingerprint density at radius 3 is 2.38 bits per heavy atom. The summed E-state index contributed by atoms with van der Waals surface area (Å²) in [7, 11) is 0. The van der Waals surface area contributed by atoms with Crippen LogP contribution in [0.15, 0.2) is 4.99 Å². The van der Waals surface area contributed by atoms with Crippen LogP contribution in [0.25, 0.3) is 0 Å². The van der Waals surface area contributed by atoms with E-state index in [0.29, 0.717) is 19.2 Å². The molecule has 0 heterocycles. The predicted molar refractivity (Wildman–Crippen MR) is 117 cm³/mol. The zero-order valence-electron chi connectivity index (χ0n) is 16.6. The molecule has 1 atom stereocenters. The molecule has 0 bridgehead atoms. The first-order valence-corrected chi connectivity index (χ1v) is 9.52. The van der Waals surface area contributed by atoms with E-state index in [0.717, 1.165) is 45.0 Å². The molecule has 0 saturated heterocycles. The van der Waals surface area contributed by atoms with E-state index in [1.165, 1.54) is 19.4 Å². The number of unbranched alkanes of at least 4 members (excludes halogenated alkanes) is 1. The number of nitrogens with one attached hydrogen (secondary N) is 2. The van der Waals surface area contributed by atoms with E-state index < -0.39 is 0 Å². The Balaban J connectivity index is 0. The SMILES string of the molecule is CCCCOCCN=C(NCC)NC(C)CCCN(CC)CC.I. The summed E-state index contributed by atoms with van der Waals surface area (Å²) in [4.78, 5) is 7.06. The molecule has 24 heavy (non-hydrogen) atoms. The van der Waals surface area contributed by atoms with Gasteiger partial charge in [-0.3, -0.25) is 4.99 Å². The lowest BCUT2D eigenvalue weighted by atomic mass is 10.2. The molecule has 0 amide bonds. The Labute approximate surface area is 167 Å². The second-order valence-electron chi connectivity index (χ2n) is 5.94. The maximum Gasteiger partial charge on any atom is 0.191 e. The maximum absolute atomic E-state index is 5.56. The van der Waals surface area contributed by atoms with E-state index in [-0.39, 0.29) is 24.0 Å². The Kier molecular flexibility index (Phi) is 21.0. The van der Waals surface area contributed by atoms with Crippen LogP contribution in [-0.2, 0) is 4.74 Å². The average Bonchev–Trinajstić information content (AvgIpc) is 2.55. The Morgan fingerprint density at radius 1 is 1.08 bits per heavy atom. The summed E-state index contributed by atoms with van der Waals surface area (Å²) in [5.41, 5.74) is 0. The van der Waals surface area contributed by atoms with Gasteiger partial charge in [-0.15, -0.1) is 24.0 Å². The summed E-state index contributed by atoms with van der Waals surface area (Å²) >= 11 is 0. The molecule has 0 aromatic rings. The van der Waals surface area contributed by atoms with Gasteiger partial charge in [0.25, 0.3) is 0 Å². The molecular weight excluding hydrogens is 415 g/mol. The minimum absolute atomic E-state index is 0. The van der Waals surface area contributed by atoms with Gasteiger partial charge >= 0.3 is 0 Å². The molecule has 0 rings (SSSR count). The van der Waals surface area contributed by atoms with Crippen LogP contribution in [0.4, 0.5) is 0 Å². The topological polar surface area (TPSA) is 48.9 Å². The zero-order chi connectivity index (χ0) is 17.3. The van der Waals surface area contributed by atoms with Gasteiger partial charge in [0.2, 0.25) is 0 Å². The first-order valence-electron chi connectivity index (χ1n) is 9.52. The van der Waals surface area contributed by atoms with Crippen molar-refractivity contribution in [1.82, 2.24) is 15.5 Å². The Bertz CT molecular complexity index is 286. The molecule has 0 saturated carbocycles. The van der Waals surface area contributed by atoms with Gasteiger partial charge in [0, 0.05) is 19.2 Å². The van der Waals surface area contributed by atoms with Gasteiger partial charge in [0.15, 0.2) is 5.96 Å². The Hall–Kier alpha value is -0.0800. The van der Waals surface area contributed by atoms with E-state index in [4.69, 9.17) is 4.74 Å². The molecule has 0 aromatic heterocycles. The summed E-state index contributed by atoms with van der Waals surface area (Å²) in [6.45, 7) is 17.6. The van der Waals surface area contributed by atoms with Crippen molar-refractivity contribution in [3.8, 4) is 0 Å². The minimum Gasteiger partial charge on any atom is -0.380 e. The fourth-order valence-corrected chi connectivity index (χ4v) is 2.36. The second-order valence-corrected chi connectivity index (χ2v) is 5.94. The highest BCUT2D eigenvalue weighted by molar-refractivity contribution is 14.0. The van der Waals surface area contributed by atoms with Gasteiger partial charge in [-0.2, -0.15) is 0 Å². The van der Waals surface area contributed by atoms with Crippen molar-refractivity contribution >= 4 is 29.9 Å². The van der Waals surface area contributed by atoms with Crippen LogP contribution in [0.5, 0.6) is 0 Å². The third kappa shape index (κ3) is 15.4. The summed E-state index contributed by atoms with van der Waals surface area (Å²) in [6, 6.07) is 0.435. The lowest BCUT2D eigenvalue weighted by Gasteiger charge is -2.21. The highest BCUT2D eigenvalue weighted by Gasteiger charge is 2.06. The van der Waals surface area contributed by atoms with Crippen molar-refractivity contribution in [1.29, 1.82) is 0 Å². The molecule has 0 aromatic carbocycles. The molecule has 6 heteroatoms. The van der Waals surface area contributed by atoms with E-state index in [9.17, 15) is 0 Å². The summed E-state index contributed by atoms with van der Waals surface area (Å²) in [5, 5.41) is 6.80. The summed E-state index contributed by atoms with van der Waals surface area (Å²) in [6.07, 6.45) is 4.69. The van der Waals surface area contributed by atoms with Gasteiger partial charge in [-0.05, 0) is 52.7 Å². The van der Waals surface area contributed by atoms with E-state index >= 15 is 0 Å². The normalized spacial score (nSPS) is 12.8. The van der Waals surface area contributed by atoms with Gasteiger partial charge in [-0.1, -0.05) is 27.2 Å². The van der Waals surface area contributed by atoms with Crippen molar-refractivity contribution in [2.75, 3.05) is 45.9 Å². The fourth-order valence-electron chi connectivity index (χ4n) is 2.36. The second kappa shape index (κ2) is 19.2. The van der Waals surface area contributed by atoms with Crippen molar-refractivity contribution in [2.24, 2.45) is 4.99 Å².